The normalized spacial score (nSPS) is 11.9. The topological polar surface area (TPSA) is 75.6 Å². The van der Waals surface area contributed by atoms with Gasteiger partial charge in [0.05, 0.1) is 13.7 Å². The van der Waals surface area contributed by atoms with Crippen molar-refractivity contribution in [1.82, 2.24) is 5.32 Å². The molecule has 2 N–H and O–H groups in total. The van der Waals surface area contributed by atoms with E-state index in [4.69, 9.17) is 16.7 Å². The molecule has 0 saturated carbocycles. The molecular formula is C6H10ClNO4. The monoisotopic (exact) mass is 195 g/mol. The van der Waals surface area contributed by atoms with Gasteiger partial charge in [-0.3, -0.25) is 4.79 Å². The molecule has 0 aromatic heterocycles. The molecule has 5 nitrogen and oxygen atoms in total. The van der Waals surface area contributed by atoms with Crippen LogP contribution in [0, 0.1) is 0 Å². The lowest BCUT2D eigenvalue weighted by Gasteiger charge is -2.12. The molecule has 0 fully saturated rings. The van der Waals surface area contributed by atoms with Crippen molar-refractivity contribution < 1.29 is 19.4 Å². The van der Waals surface area contributed by atoms with Crippen LogP contribution in [0.15, 0.2) is 0 Å². The lowest BCUT2D eigenvalue weighted by molar-refractivity contribution is -0.145. The molecule has 12 heavy (non-hydrogen) atoms. The van der Waals surface area contributed by atoms with Gasteiger partial charge in [-0.1, -0.05) is 0 Å². The third kappa shape index (κ3) is 3.54. The first-order chi connectivity index (χ1) is 5.65. The molecule has 70 valence electrons. The van der Waals surface area contributed by atoms with Crippen molar-refractivity contribution in [3.63, 3.8) is 0 Å². The van der Waals surface area contributed by atoms with Crippen LogP contribution in [0.2, 0.25) is 0 Å². The Kier molecular flexibility index (Phi) is 5.40. The average molecular weight is 196 g/mol. The minimum absolute atomic E-state index is 0.256. The number of halogens is 1. The number of rotatable bonds is 4. The van der Waals surface area contributed by atoms with E-state index in [1.807, 2.05) is 0 Å². The number of carbonyl (C=O) groups excluding carboxylic acids is 2. The van der Waals surface area contributed by atoms with Crippen molar-refractivity contribution in [2.24, 2.45) is 0 Å². The highest BCUT2D eigenvalue weighted by atomic mass is 35.5. The summed E-state index contributed by atoms with van der Waals surface area (Å²) < 4.78 is 4.29. The van der Waals surface area contributed by atoms with Crippen molar-refractivity contribution in [1.29, 1.82) is 0 Å². The maximum Gasteiger partial charge on any atom is 0.330 e. The van der Waals surface area contributed by atoms with Gasteiger partial charge in [0.2, 0.25) is 5.91 Å². The summed E-state index contributed by atoms with van der Waals surface area (Å²) in [5, 5.41) is 10.8. The number of ether oxygens (including phenoxy) is 1. The Morgan fingerprint density at radius 1 is 1.67 bits per heavy atom. The standard InChI is InChI=1S/C6H10ClNO4/c1-12-6(11)4(3-9)8-5(10)2-7/h4,9H,2-3H2,1H3,(H,8,10)/t4-/m1/s1. The quantitative estimate of drug-likeness (QED) is 0.440. The van der Waals surface area contributed by atoms with Gasteiger partial charge in [-0.05, 0) is 0 Å². The van der Waals surface area contributed by atoms with E-state index in [-0.39, 0.29) is 5.88 Å². The number of aliphatic hydroxyl groups is 1. The van der Waals surface area contributed by atoms with Crippen LogP contribution in [0.5, 0.6) is 0 Å². The highest BCUT2D eigenvalue weighted by molar-refractivity contribution is 6.27. The number of nitrogens with one attached hydrogen (secondary N) is 1. The maximum absolute atomic E-state index is 10.8. The number of alkyl halides is 1. The third-order valence-electron chi connectivity index (χ3n) is 1.12. The number of methoxy groups -OCH3 is 1. The highest BCUT2D eigenvalue weighted by Crippen LogP contribution is 1.87. The molecule has 0 aliphatic rings. The Balaban J connectivity index is 3.99. The lowest BCUT2D eigenvalue weighted by atomic mass is 10.3. The molecule has 0 unspecified atom stereocenters. The van der Waals surface area contributed by atoms with Crippen molar-refractivity contribution in [3.05, 3.63) is 0 Å². The molecule has 0 aliphatic heterocycles. The van der Waals surface area contributed by atoms with Gasteiger partial charge in [-0.15, -0.1) is 11.6 Å². The van der Waals surface area contributed by atoms with Crippen LogP contribution in [0.4, 0.5) is 0 Å². The van der Waals surface area contributed by atoms with Gasteiger partial charge in [0.1, 0.15) is 5.88 Å². The van der Waals surface area contributed by atoms with Crippen LogP contribution in [-0.2, 0) is 14.3 Å². The molecule has 0 aliphatic carbocycles. The van der Waals surface area contributed by atoms with Crippen LogP contribution in [-0.4, -0.2) is 42.6 Å². The molecule has 0 radical (unpaired) electrons. The first-order valence-electron chi connectivity index (χ1n) is 3.19. The number of hydrogen-bond donors (Lipinski definition) is 2. The van der Waals surface area contributed by atoms with Gasteiger partial charge in [0, 0.05) is 0 Å². The Morgan fingerprint density at radius 3 is 2.58 bits per heavy atom. The zero-order chi connectivity index (χ0) is 9.56. The second-order valence-corrected chi connectivity index (χ2v) is 2.23. The third-order valence-corrected chi connectivity index (χ3v) is 1.37. The maximum atomic E-state index is 10.8. The largest absolute Gasteiger partial charge is 0.467 e. The summed E-state index contributed by atoms with van der Waals surface area (Å²) in [5.74, 6) is -1.48. The summed E-state index contributed by atoms with van der Waals surface area (Å²) in [6.07, 6.45) is 0. The Hall–Kier alpha value is -0.810. The Bertz CT molecular complexity index is 173. The van der Waals surface area contributed by atoms with E-state index < -0.39 is 24.5 Å². The van der Waals surface area contributed by atoms with Gasteiger partial charge < -0.3 is 15.2 Å². The predicted molar refractivity (Wildman–Crippen MR) is 41.8 cm³/mol. The molecule has 0 aromatic carbocycles. The smallest absolute Gasteiger partial charge is 0.330 e. The summed E-state index contributed by atoms with van der Waals surface area (Å²) in [5.41, 5.74) is 0. The van der Waals surface area contributed by atoms with Gasteiger partial charge in [0.25, 0.3) is 0 Å². The fourth-order valence-corrected chi connectivity index (χ4v) is 0.631. The molecule has 0 bridgehead atoms. The van der Waals surface area contributed by atoms with E-state index in [9.17, 15) is 9.59 Å². The van der Waals surface area contributed by atoms with Crippen LogP contribution in [0.1, 0.15) is 0 Å². The van der Waals surface area contributed by atoms with Gasteiger partial charge in [0.15, 0.2) is 6.04 Å². The second kappa shape index (κ2) is 5.79. The SMILES string of the molecule is COC(=O)[C@@H](CO)NC(=O)CCl. The molecule has 1 amide bonds. The molecule has 0 rings (SSSR count). The van der Waals surface area contributed by atoms with Gasteiger partial charge in [-0.2, -0.15) is 0 Å². The van der Waals surface area contributed by atoms with Crippen LogP contribution in [0.3, 0.4) is 0 Å². The fourth-order valence-electron chi connectivity index (χ4n) is 0.554. The van der Waals surface area contributed by atoms with E-state index in [1.54, 1.807) is 0 Å². The average Bonchev–Trinajstić information content (AvgIpc) is 2.12. The minimum Gasteiger partial charge on any atom is -0.467 e. The van der Waals surface area contributed by atoms with Crippen molar-refractivity contribution in [2.75, 3.05) is 19.6 Å². The molecule has 1 atom stereocenters. The highest BCUT2D eigenvalue weighted by Gasteiger charge is 2.19. The fraction of sp³-hybridized carbons (Fsp3) is 0.667. The Labute approximate surface area is 74.6 Å². The van der Waals surface area contributed by atoms with Gasteiger partial charge in [-0.25, -0.2) is 4.79 Å². The number of carbonyl (C=O) groups is 2. The zero-order valence-electron chi connectivity index (χ0n) is 6.54. The summed E-state index contributed by atoms with van der Waals surface area (Å²) >= 11 is 5.16. The van der Waals surface area contributed by atoms with E-state index in [0.717, 1.165) is 7.11 Å². The second-order valence-electron chi connectivity index (χ2n) is 1.96. The zero-order valence-corrected chi connectivity index (χ0v) is 7.30. The molecular weight excluding hydrogens is 186 g/mol. The summed E-state index contributed by atoms with van der Waals surface area (Å²) in [6, 6.07) is -1.03. The van der Waals surface area contributed by atoms with Crippen LogP contribution in [0.25, 0.3) is 0 Å². The molecule has 0 heterocycles. The number of aliphatic hydroxyl groups excluding tert-OH is 1. The van der Waals surface area contributed by atoms with E-state index >= 15 is 0 Å². The van der Waals surface area contributed by atoms with E-state index in [0.29, 0.717) is 0 Å². The van der Waals surface area contributed by atoms with Crippen molar-refractivity contribution in [2.45, 2.75) is 6.04 Å². The Morgan fingerprint density at radius 2 is 2.25 bits per heavy atom. The van der Waals surface area contributed by atoms with Gasteiger partial charge >= 0.3 is 5.97 Å². The number of esters is 1. The first-order valence-corrected chi connectivity index (χ1v) is 3.73. The summed E-state index contributed by atoms with van der Waals surface area (Å²) in [4.78, 5) is 21.4. The minimum atomic E-state index is -1.03. The summed E-state index contributed by atoms with van der Waals surface area (Å²) in [6.45, 7) is -0.505. The van der Waals surface area contributed by atoms with Crippen LogP contribution < -0.4 is 5.32 Å². The predicted octanol–water partition coefficient (Wildman–Crippen LogP) is -1.12. The molecule has 0 aromatic rings. The molecule has 0 spiro atoms. The van der Waals surface area contributed by atoms with Crippen LogP contribution >= 0.6 is 11.6 Å². The van der Waals surface area contributed by atoms with E-state index in [1.165, 1.54) is 0 Å². The van der Waals surface area contributed by atoms with E-state index in [2.05, 4.69) is 10.1 Å². The van der Waals surface area contributed by atoms with Crippen molar-refractivity contribution in [3.8, 4) is 0 Å². The first kappa shape index (κ1) is 11.2. The lowest BCUT2D eigenvalue weighted by Crippen LogP contribution is -2.44. The molecule has 6 heteroatoms. The van der Waals surface area contributed by atoms with Crippen molar-refractivity contribution >= 4 is 23.5 Å². The summed E-state index contributed by atoms with van der Waals surface area (Å²) in [7, 11) is 1.16. The molecule has 0 saturated heterocycles. The number of amides is 1. The number of hydrogen-bond acceptors (Lipinski definition) is 4.